The van der Waals surface area contributed by atoms with E-state index in [9.17, 15) is 9.59 Å². The van der Waals surface area contributed by atoms with Gasteiger partial charge in [-0.3, -0.25) is 14.9 Å². The van der Waals surface area contributed by atoms with Crippen molar-refractivity contribution in [1.82, 2.24) is 15.1 Å². The van der Waals surface area contributed by atoms with Gasteiger partial charge < -0.3 is 19.1 Å². The molecule has 1 saturated heterocycles. The molecule has 2 aromatic rings. The number of amides is 2. The van der Waals surface area contributed by atoms with E-state index >= 15 is 0 Å². The molecule has 1 spiro atoms. The van der Waals surface area contributed by atoms with Crippen LogP contribution in [0.25, 0.3) is 0 Å². The summed E-state index contributed by atoms with van der Waals surface area (Å²) in [5.74, 6) is -0.000497. The number of anilines is 1. The zero-order chi connectivity index (χ0) is 21.0. The minimum absolute atomic E-state index is 0.0977. The number of hydrogen-bond acceptors (Lipinski definition) is 8. The summed E-state index contributed by atoms with van der Waals surface area (Å²) in [4.78, 5) is 27.4. The first kappa shape index (κ1) is 20.7. The third-order valence-electron chi connectivity index (χ3n) is 5.09. The number of fused-ring (bicyclic) bond motifs is 1. The Balaban J connectivity index is 1.49. The molecule has 3 heterocycles. The van der Waals surface area contributed by atoms with Crippen LogP contribution in [0.4, 0.5) is 5.13 Å². The number of aromatic nitrogens is 2. The molecule has 1 aromatic heterocycles. The Morgan fingerprint density at radius 1 is 1.30 bits per heavy atom. The van der Waals surface area contributed by atoms with Gasteiger partial charge in [-0.1, -0.05) is 23.5 Å². The van der Waals surface area contributed by atoms with Gasteiger partial charge >= 0.3 is 0 Å². The SMILES string of the molecule is CCOCc1nnc(NC(=O)CN2CC3(CCOCC3)Oc3ccccc3C2=O)s1. The highest BCUT2D eigenvalue weighted by molar-refractivity contribution is 7.15. The Kier molecular flexibility index (Phi) is 6.26. The largest absolute Gasteiger partial charge is 0.484 e. The van der Waals surface area contributed by atoms with Crippen molar-refractivity contribution in [3.05, 3.63) is 34.8 Å². The molecule has 1 fully saturated rings. The Bertz CT molecular complexity index is 912. The van der Waals surface area contributed by atoms with E-state index in [0.29, 0.717) is 67.3 Å². The summed E-state index contributed by atoms with van der Waals surface area (Å²) in [7, 11) is 0. The van der Waals surface area contributed by atoms with E-state index in [1.54, 1.807) is 23.1 Å². The van der Waals surface area contributed by atoms with Gasteiger partial charge in [0.1, 0.15) is 29.5 Å². The molecule has 2 aliphatic rings. The number of nitrogens with one attached hydrogen (secondary N) is 1. The van der Waals surface area contributed by atoms with Crippen LogP contribution in [0.5, 0.6) is 5.75 Å². The van der Waals surface area contributed by atoms with Crippen LogP contribution < -0.4 is 10.1 Å². The smallest absolute Gasteiger partial charge is 0.258 e. The lowest BCUT2D eigenvalue weighted by atomic mass is 9.93. The van der Waals surface area contributed by atoms with Crippen LogP contribution in [0.2, 0.25) is 0 Å². The summed E-state index contributed by atoms with van der Waals surface area (Å²) in [6.07, 6.45) is 1.31. The second kappa shape index (κ2) is 9.07. The third-order valence-corrected chi connectivity index (χ3v) is 5.90. The summed E-state index contributed by atoms with van der Waals surface area (Å²) >= 11 is 1.25. The van der Waals surface area contributed by atoms with Crippen LogP contribution in [0.3, 0.4) is 0 Å². The van der Waals surface area contributed by atoms with Gasteiger partial charge in [-0.25, -0.2) is 0 Å². The molecule has 0 atom stereocenters. The van der Waals surface area contributed by atoms with Gasteiger partial charge in [0.2, 0.25) is 11.0 Å². The molecule has 160 valence electrons. The predicted octanol–water partition coefficient (Wildman–Crippen LogP) is 2.10. The molecule has 30 heavy (non-hydrogen) atoms. The Morgan fingerprint density at radius 3 is 2.90 bits per heavy atom. The molecule has 1 N–H and O–H groups in total. The third kappa shape index (κ3) is 4.61. The monoisotopic (exact) mass is 432 g/mol. The van der Waals surface area contributed by atoms with E-state index in [2.05, 4.69) is 15.5 Å². The first-order chi connectivity index (χ1) is 14.6. The molecule has 10 heteroatoms. The van der Waals surface area contributed by atoms with Crippen LogP contribution in [0.15, 0.2) is 24.3 Å². The minimum Gasteiger partial charge on any atom is -0.484 e. The average molecular weight is 433 g/mol. The fourth-order valence-electron chi connectivity index (χ4n) is 3.60. The van der Waals surface area contributed by atoms with E-state index < -0.39 is 5.60 Å². The maximum absolute atomic E-state index is 13.2. The Morgan fingerprint density at radius 2 is 2.10 bits per heavy atom. The molecule has 0 aliphatic carbocycles. The van der Waals surface area contributed by atoms with Crippen molar-refractivity contribution in [2.24, 2.45) is 0 Å². The van der Waals surface area contributed by atoms with Crippen molar-refractivity contribution < 1.29 is 23.8 Å². The normalized spacial score (nSPS) is 17.9. The number of ether oxygens (including phenoxy) is 3. The van der Waals surface area contributed by atoms with Crippen LogP contribution in [0.1, 0.15) is 35.1 Å². The number of nitrogens with zero attached hydrogens (tertiary/aromatic N) is 3. The fraction of sp³-hybridized carbons (Fsp3) is 0.500. The van der Waals surface area contributed by atoms with E-state index in [1.165, 1.54) is 11.3 Å². The van der Waals surface area contributed by atoms with Crippen LogP contribution >= 0.6 is 11.3 Å². The maximum atomic E-state index is 13.2. The molecule has 2 aliphatic heterocycles. The standard InChI is InChI=1S/C20H24N4O5S/c1-2-27-12-17-22-23-19(30-17)21-16(25)11-24-13-20(7-9-28-10-8-20)29-15-6-4-3-5-14(15)18(24)26/h3-6H,2,7-13H2,1H3,(H,21,23,25). The summed E-state index contributed by atoms with van der Waals surface area (Å²) < 4.78 is 17.1. The van der Waals surface area contributed by atoms with Crippen molar-refractivity contribution in [2.75, 3.05) is 38.2 Å². The van der Waals surface area contributed by atoms with E-state index in [-0.39, 0.29) is 18.4 Å². The van der Waals surface area contributed by atoms with Gasteiger partial charge in [-0.15, -0.1) is 10.2 Å². The first-order valence-electron chi connectivity index (χ1n) is 9.93. The number of benzene rings is 1. The second-order valence-electron chi connectivity index (χ2n) is 7.24. The average Bonchev–Trinajstić information content (AvgIpc) is 3.15. The lowest BCUT2D eigenvalue weighted by Crippen LogP contribution is -2.52. The van der Waals surface area contributed by atoms with Crippen molar-refractivity contribution in [2.45, 2.75) is 32.0 Å². The summed E-state index contributed by atoms with van der Waals surface area (Å²) in [5, 5.41) is 11.8. The topological polar surface area (TPSA) is 103 Å². The highest BCUT2D eigenvalue weighted by Gasteiger charge is 2.42. The van der Waals surface area contributed by atoms with Crippen molar-refractivity contribution >= 4 is 28.3 Å². The maximum Gasteiger partial charge on any atom is 0.258 e. The zero-order valence-corrected chi connectivity index (χ0v) is 17.6. The molecular formula is C20H24N4O5S. The van der Waals surface area contributed by atoms with E-state index in [1.807, 2.05) is 13.0 Å². The van der Waals surface area contributed by atoms with Crippen LogP contribution in [-0.4, -0.2) is 65.4 Å². The number of rotatable bonds is 6. The quantitative estimate of drug-likeness (QED) is 0.746. The summed E-state index contributed by atoms with van der Waals surface area (Å²) in [6.45, 7) is 4.17. The molecular weight excluding hydrogens is 408 g/mol. The predicted molar refractivity (Wildman–Crippen MR) is 110 cm³/mol. The lowest BCUT2D eigenvalue weighted by molar-refractivity contribution is -0.117. The van der Waals surface area contributed by atoms with Crippen LogP contribution in [-0.2, 0) is 20.9 Å². The van der Waals surface area contributed by atoms with Crippen molar-refractivity contribution in [3.8, 4) is 5.75 Å². The summed E-state index contributed by atoms with van der Waals surface area (Å²) in [5.41, 5.74) is -0.0997. The van der Waals surface area contributed by atoms with Crippen molar-refractivity contribution in [1.29, 1.82) is 0 Å². The number of carbonyl (C=O) groups excluding carboxylic acids is 2. The minimum atomic E-state index is -0.561. The Labute approximate surface area is 178 Å². The van der Waals surface area contributed by atoms with Crippen molar-refractivity contribution in [3.63, 3.8) is 0 Å². The highest BCUT2D eigenvalue weighted by atomic mass is 32.1. The molecule has 4 rings (SSSR count). The van der Waals surface area contributed by atoms with Crippen LogP contribution in [0, 0.1) is 0 Å². The van der Waals surface area contributed by atoms with Gasteiger partial charge in [0.15, 0.2) is 0 Å². The molecule has 1 aromatic carbocycles. The van der Waals surface area contributed by atoms with Gasteiger partial charge in [-0.2, -0.15) is 0 Å². The van der Waals surface area contributed by atoms with Gasteiger partial charge in [-0.05, 0) is 19.1 Å². The lowest BCUT2D eigenvalue weighted by Gasteiger charge is -2.38. The first-order valence-corrected chi connectivity index (χ1v) is 10.8. The number of hydrogen-bond donors (Lipinski definition) is 1. The molecule has 0 radical (unpaired) electrons. The second-order valence-corrected chi connectivity index (χ2v) is 8.30. The molecule has 0 unspecified atom stereocenters. The van der Waals surface area contributed by atoms with E-state index in [4.69, 9.17) is 14.2 Å². The van der Waals surface area contributed by atoms with Gasteiger partial charge in [0.05, 0.1) is 25.3 Å². The molecule has 0 saturated carbocycles. The molecule has 2 amide bonds. The zero-order valence-electron chi connectivity index (χ0n) is 16.8. The number of para-hydroxylation sites is 1. The van der Waals surface area contributed by atoms with E-state index in [0.717, 1.165) is 0 Å². The molecule has 9 nitrogen and oxygen atoms in total. The van der Waals surface area contributed by atoms with Gasteiger partial charge in [0, 0.05) is 19.4 Å². The molecule has 0 bridgehead atoms. The summed E-state index contributed by atoms with van der Waals surface area (Å²) in [6, 6.07) is 7.17. The van der Waals surface area contributed by atoms with Gasteiger partial charge in [0.25, 0.3) is 5.91 Å². The fourth-order valence-corrected chi connectivity index (χ4v) is 4.30. The highest BCUT2D eigenvalue weighted by Crippen LogP contribution is 2.35. The number of carbonyl (C=O) groups is 2. The Hall–Kier alpha value is -2.56.